The van der Waals surface area contributed by atoms with Crippen molar-refractivity contribution in [2.24, 2.45) is 0 Å². The van der Waals surface area contributed by atoms with Crippen LogP contribution in [0.15, 0.2) is 18.2 Å². The van der Waals surface area contributed by atoms with Gasteiger partial charge in [0.1, 0.15) is 0 Å². The molecule has 4 heteroatoms. The van der Waals surface area contributed by atoms with Crippen molar-refractivity contribution in [1.82, 2.24) is 14.5 Å². The summed E-state index contributed by atoms with van der Waals surface area (Å²) in [7, 11) is 0. The number of aromatic amines is 1. The van der Waals surface area contributed by atoms with Gasteiger partial charge in [0.15, 0.2) is 4.77 Å². The number of piperidine rings is 1. The van der Waals surface area contributed by atoms with E-state index in [2.05, 4.69) is 46.5 Å². The summed E-state index contributed by atoms with van der Waals surface area (Å²) >= 11 is 5.54. The first kappa shape index (κ1) is 12.9. The minimum Gasteiger partial charge on any atom is -0.331 e. The number of benzene rings is 1. The molecule has 102 valence electrons. The van der Waals surface area contributed by atoms with E-state index in [0.29, 0.717) is 6.04 Å². The molecule has 2 heterocycles. The Morgan fingerprint density at radius 2 is 2.26 bits per heavy atom. The molecule has 1 unspecified atom stereocenters. The molecule has 19 heavy (non-hydrogen) atoms. The lowest BCUT2D eigenvalue weighted by Crippen LogP contribution is -2.36. The number of fused-ring (bicyclic) bond motifs is 1. The Bertz CT molecular complexity index is 640. The molecule has 1 aromatic carbocycles. The number of H-pyrrole nitrogens is 1. The summed E-state index contributed by atoms with van der Waals surface area (Å²) in [5.41, 5.74) is 3.70. The van der Waals surface area contributed by atoms with Gasteiger partial charge in [-0.2, -0.15) is 0 Å². The second kappa shape index (κ2) is 5.10. The molecule has 3 rings (SSSR count). The normalized spacial score (nSPS) is 21.1. The van der Waals surface area contributed by atoms with Gasteiger partial charge < -0.3 is 14.5 Å². The van der Waals surface area contributed by atoms with Crippen molar-refractivity contribution in [3.05, 3.63) is 28.5 Å². The Morgan fingerprint density at radius 1 is 1.42 bits per heavy atom. The number of aryl methyl sites for hydroxylation is 1. The summed E-state index contributed by atoms with van der Waals surface area (Å²) in [5.74, 6) is 0. The van der Waals surface area contributed by atoms with Gasteiger partial charge in [0.2, 0.25) is 0 Å². The van der Waals surface area contributed by atoms with E-state index in [0.717, 1.165) is 23.4 Å². The summed E-state index contributed by atoms with van der Waals surface area (Å²) in [6.07, 6.45) is 2.49. The third-order valence-corrected chi connectivity index (χ3v) is 4.46. The van der Waals surface area contributed by atoms with Crippen LogP contribution in [0.1, 0.15) is 31.4 Å². The van der Waals surface area contributed by atoms with Crippen LogP contribution in [0, 0.1) is 11.7 Å². The Kier molecular flexibility index (Phi) is 3.46. The van der Waals surface area contributed by atoms with Gasteiger partial charge in [-0.05, 0) is 62.8 Å². The third kappa shape index (κ3) is 2.35. The minimum atomic E-state index is 0.511. The minimum absolute atomic E-state index is 0.511. The SMILES string of the molecule is CCN1CCCC(n2c(=S)[nH]c3ccc(C)cc32)C1. The van der Waals surface area contributed by atoms with Crippen molar-refractivity contribution in [3.8, 4) is 0 Å². The van der Waals surface area contributed by atoms with Crippen LogP contribution in [0.5, 0.6) is 0 Å². The third-order valence-electron chi connectivity index (χ3n) is 4.17. The fraction of sp³-hybridized carbons (Fsp3) is 0.533. The Labute approximate surface area is 119 Å². The highest BCUT2D eigenvalue weighted by Crippen LogP contribution is 2.27. The number of likely N-dealkylation sites (tertiary alicyclic amines) is 1. The topological polar surface area (TPSA) is 24.0 Å². The van der Waals surface area contributed by atoms with Gasteiger partial charge in [0, 0.05) is 12.6 Å². The first-order valence-corrected chi connectivity index (χ1v) is 7.53. The molecule has 0 amide bonds. The number of imidazole rings is 1. The molecule has 0 saturated carbocycles. The summed E-state index contributed by atoms with van der Waals surface area (Å²) in [5, 5.41) is 0. The van der Waals surface area contributed by atoms with Crippen molar-refractivity contribution in [2.75, 3.05) is 19.6 Å². The van der Waals surface area contributed by atoms with Gasteiger partial charge in [0.05, 0.1) is 11.0 Å². The number of aromatic nitrogens is 2. The zero-order valence-corrected chi connectivity index (χ0v) is 12.5. The van der Waals surface area contributed by atoms with Crippen molar-refractivity contribution in [3.63, 3.8) is 0 Å². The lowest BCUT2D eigenvalue weighted by molar-refractivity contribution is 0.187. The molecule has 1 aliphatic heterocycles. The van der Waals surface area contributed by atoms with Crippen LogP contribution in [0.2, 0.25) is 0 Å². The summed E-state index contributed by atoms with van der Waals surface area (Å²) in [6.45, 7) is 7.85. The molecule has 0 radical (unpaired) electrons. The molecule has 1 aromatic heterocycles. The monoisotopic (exact) mass is 275 g/mol. The molecule has 1 fully saturated rings. The highest BCUT2D eigenvalue weighted by molar-refractivity contribution is 7.71. The maximum atomic E-state index is 5.54. The first-order chi connectivity index (χ1) is 9.19. The molecule has 1 atom stereocenters. The van der Waals surface area contributed by atoms with Crippen LogP contribution in [-0.2, 0) is 0 Å². The molecule has 0 aliphatic carbocycles. The van der Waals surface area contributed by atoms with Gasteiger partial charge in [-0.3, -0.25) is 0 Å². The molecular weight excluding hydrogens is 254 g/mol. The van der Waals surface area contributed by atoms with Crippen LogP contribution in [0.3, 0.4) is 0 Å². The van der Waals surface area contributed by atoms with E-state index in [1.807, 2.05) is 0 Å². The van der Waals surface area contributed by atoms with Crippen molar-refractivity contribution in [1.29, 1.82) is 0 Å². The predicted octanol–water partition coefficient (Wildman–Crippen LogP) is 3.66. The van der Waals surface area contributed by atoms with Crippen LogP contribution < -0.4 is 0 Å². The molecular formula is C15H21N3S. The van der Waals surface area contributed by atoms with Crippen LogP contribution in [-0.4, -0.2) is 34.1 Å². The average molecular weight is 275 g/mol. The van der Waals surface area contributed by atoms with E-state index in [9.17, 15) is 0 Å². The highest BCUT2D eigenvalue weighted by atomic mass is 32.1. The lowest BCUT2D eigenvalue weighted by Gasteiger charge is -2.32. The van der Waals surface area contributed by atoms with E-state index >= 15 is 0 Å². The lowest BCUT2D eigenvalue weighted by atomic mass is 10.1. The molecule has 1 aliphatic rings. The second-order valence-electron chi connectivity index (χ2n) is 5.51. The molecule has 1 N–H and O–H groups in total. The van der Waals surface area contributed by atoms with Crippen LogP contribution >= 0.6 is 12.2 Å². The Balaban J connectivity index is 2.06. The van der Waals surface area contributed by atoms with Gasteiger partial charge in [-0.1, -0.05) is 13.0 Å². The van der Waals surface area contributed by atoms with Gasteiger partial charge >= 0.3 is 0 Å². The zero-order valence-electron chi connectivity index (χ0n) is 11.6. The van der Waals surface area contributed by atoms with E-state index in [1.165, 1.54) is 30.5 Å². The molecule has 1 saturated heterocycles. The molecule has 0 spiro atoms. The smallest absolute Gasteiger partial charge is 0.178 e. The van der Waals surface area contributed by atoms with Crippen molar-refractivity contribution in [2.45, 2.75) is 32.7 Å². The number of nitrogens with one attached hydrogen (secondary N) is 1. The first-order valence-electron chi connectivity index (χ1n) is 7.12. The number of nitrogens with zero attached hydrogens (tertiary/aromatic N) is 2. The fourth-order valence-electron chi connectivity index (χ4n) is 3.12. The van der Waals surface area contributed by atoms with E-state index < -0.39 is 0 Å². The summed E-state index contributed by atoms with van der Waals surface area (Å²) in [6, 6.07) is 7.03. The van der Waals surface area contributed by atoms with Gasteiger partial charge in [0.25, 0.3) is 0 Å². The maximum absolute atomic E-state index is 5.54. The van der Waals surface area contributed by atoms with Crippen LogP contribution in [0.4, 0.5) is 0 Å². The summed E-state index contributed by atoms with van der Waals surface area (Å²) < 4.78 is 3.20. The molecule has 2 aromatic rings. The molecule has 3 nitrogen and oxygen atoms in total. The van der Waals surface area contributed by atoms with E-state index in [1.54, 1.807) is 0 Å². The largest absolute Gasteiger partial charge is 0.331 e. The number of hydrogen-bond donors (Lipinski definition) is 1. The highest BCUT2D eigenvalue weighted by Gasteiger charge is 2.22. The number of likely N-dealkylation sites (N-methyl/N-ethyl adjacent to an activating group) is 1. The quantitative estimate of drug-likeness (QED) is 0.846. The standard InChI is InChI=1S/C15H21N3S/c1-3-17-8-4-5-12(10-17)18-14-9-11(2)6-7-13(14)16-15(18)19/h6-7,9,12H,3-5,8,10H2,1-2H3,(H,16,19). The Morgan fingerprint density at radius 3 is 3.05 bits per heavy atom. The van der Waals surface area contributed by atoms with E-state index in [-0.39, 0.29) is 0 Å². The van der Waals surface area contributed by atoms with Crippen molar-refractivity contribution < 1.29 is 0 Å². The van der Waals surface area contributed by atoms with Crippen molar-refractivity contribution >= 4 is 23.3 Å². The average Bonchev–Trinajstić information content (AvgIpc) is 2.74. The second-order valence-corrected chi connectivity index (χ2v) is 5.90. The van der Waals surface area contributed by atoms with Gasteiger partial charge in [-0.15, -0.1) is 0 Å². The zero-order chi connectivity index (χ0) is 13.4. The van der Waals surface area contributed by atoms with Crippen LogP contribution in [0.25, 0.3) is 11.0 Å². The predicted molar refractivity (Wildman–Crippen MR) is 82.2 cm³/mol. The number of hydrogen-bond acceptors (Lipinski definition) is 2. The van der Waals surface area contributed by atoms with Gasteiger partial charge in [-0.25, -0.2) is 0 Å². The maximum Gasteiger partial charge on any atom is 0.178 e. The Hall–Kier alpha value is -1.13. The number of rotatable bonds is 2. The fourth-order valence-corrected chi connectivity index (χ4v) is 3.48. The van der Waals surface area contributed by atoms with E-state index in [4.69, 9.17) is 12.2 Å². The summed E-state index contributed by atoms with van der Waals surface area (Å²) in [4.78, 5) is 5.86. The molecule has 0 bridgehead atoms.